The second kappa shape index (κ2) is 3.89. The van der Waals surface area contributed by atoms with Crippen LogP contribution < -0.4 is 0 Å². The Labute approximate surface area is 85.5 Å². The molecule has 0 aliphatic carbocycles. The molecule has 1 rings (SSSR count). The quantitative estimate of drug-likeness (QED) is 0.532. The summed E-state index contributed by atoms with van der Waals surface area (Å²) in [7, 11) is 3.23. The Kier molecular flexibility index (Phi) is 3.06. The Hall–Kier alpha value is -0.870. The van der Waals surface area contributed by atoms with Gasteiger partial charge in [0.1, 0.15) is 10.8 Å². The van der Waals surface area contributed by atoms with E-state index in [9.17, 15) is 4.79 Å². The van der Waals surface area contributed by atoms with Crippen LogP contribution in [-0.4, -0.2) is 34.9 Å². The van der Waals surface area contributed by atoms with Crippen LogP contribution in [0.4, 0.5) is 0 Å². The third-order valence-corrected chi connectivity index (χ3v) is 1.66. The molecule has 0 spiro atoms. The van der Waals surface area contributed by atoms with E-state index in [0.717, 1.165) is 0 Å². The number of rotatable bonds is 1. The fourth-order valence-corrected chi connectivity index (χ4v) is 1.14. The van der Waals surface area contributed by atoms with Gasteiger partial charge < -0.3 is 4.90 Å². The highest BCUT2D eigenvalue weighted by molar-refractivity contribution is 6.32. The summed E-state index contributed by atoms with van der Waals surface area (Å²) in [6.07, 6.45) is 0. The Morgan fingerprint density at radius 3 is 2.46 bits per heavy atom. The van der Waals surface area contributed by atoms with Gasteiger partial charge in [-0.1, -0.05) is 11.6 Å². The molecule has 0 N–H and O–H groups in total. The average Bonchev–Trinajstić information content (AvgIpc) is 2.01. The molecule has 1 amide bonds. The van der Waals surface area contributed by atoms with Crippen molar-refractivity contribution >= 4 is 29.1 Å². The maximum absolute atomic E-state index is 11.4. The van der Waals surface area contributed by atoms with Gasteiger partial charge in [0.15, 0.2) is 0 Å². The van der Waals surface area contributed by atoms with Gasteiger partial charge in [-0.15, -0.1) is 0 Å². The first-order valence-electron chi connectivity index (χ1n) is 3.42. The van der Waals surface area contributed by atoms with Gasteiger partial charge in [0.05, 0.1) is 0 Å². The zero-order chi connectivity index (χ0) is 10.0. The molecule has 0 aliphatic heterocycles. The average molecular weight is 220 g/mol. The van der Waals surface area contributed by atoms with Crippen LogP contribution in [0.2, 0.25) is 10.4 Å². The lowest BCUT2D eigenvalue weighted by atomic mass is 10.4. The monoisotopic (exact) mass is 219 g/mol. The number of carbonyl (C=O) groups is 1. The molecule has 70 valence electrons. The molecule has 0 unspecified atom stereocenters. The topological polar surface area (TPSA) is 46.1 Å². The normalized spacial score (nSPS) is 9.85. The molecule has 0 aliphatic rings. The van der Waals surface area contributed by atoms with Crippen molar-refractivity contribution in [2.24, 2.45) is 0 Å². The van der Waals surface area contributed by atoms with Crippen molar-refractivity contribution in [3.8, 4) is 0 Å². The minimum absolute atomic E-state index is 0.0299. The van der Waals surface area contributed by atoms with Crippen LogP contribution in [0, 0.1) is 0 Å². The second-order valence-electron chi connectivity index (χ2n) is 2.54. The van der Waals surface area contributed by atoms with Crippen molar-refractivity contribution in [2.45, 2.75) is 0 Å². The van der Waals surface area contributed by atoms with E-state index in [1.807, 2.05) is 0 Å². The van der Waals surface area contributed by atoms with E-state index in [0.29, 0.717) is 0 Å². The van der Waals surface area contributed by atoms with E-state index in [2.05, 4.69) is 9.97 Å². The van der Waals surface area contributed by atoms with Gasteiger partial charge >= 0.3 is 0 Å². The molecule has 1 aromatic heterocycles. The second-order valence-corrected chi connectivity index (χ2v) is 3.27. The summed E-state index contributed by atoms with van der Waals surface area (Å²) < 4.78 is 0. The Morgan fingerprint density at radius 1 is 1.38 bits per heavy atom. The molecule has 1 aromatic rings. The Morgan fingerprint density at radius 2 is 2.00 bits per heavy atom. The highest BCUT2D eigenvalue weighted by atomic mass is 35.5. The summed E-state index contributed by atoms with van der Waals surface area (Å²) in [6, 6.07) is 1.37. The van der Waals surface area contributed by atoms with E-state index in [-0.39, 0.29) is 22.0 Å². The molecular weight excluding hydrogens is 213 g/mol. The highest BCUT2D eigenvalue weighted by Gasteiger charge is 2.11. The molecule has 0 atom stereocenters. The largest absolute Gasteiger partial charge is 0.343 e. The first-order valence-corrected chi connectivity index (χ1v) is 4.18. The maximum atomic E-state index is 11.4. The molecule has 0 radical (unpaired) electrons. The lowest BCUT2D eigenvalue weighted by Gasteiger charge is -2.08. The molecule has 0 aromatic carbocycles. The molecule has 4 nitrogen and oxygen atoms in total. The molecule has 13 heavy (non-hydrogen) atoms. The van der Waals surface area contributed by atoms with Gasteiger partial charge in [-0.2, -0.15) is 0 Å². The summed E-state index contributed by atoms with van der Waals surface area (Å²) in [6.45, 7) is 0. The number of halogens is 2. The van der Waals surface area contributed by atoms with Gasteiger partial charge in [0.2, 0.25) is 5.28 Å². The van der Waals surface area contributed by atoms with Gasteiger partial charge in [-0.05, 0) is 11.6 Å². The lowest BCUT2D eigenvalue weighted by Crippen LogP contribution is -2.22. The van der Waals surface area contributed by atoms with E-state index >= 15 is 0 Å². The molecule has 1 heterocycles. The van der Waals surface area contributed by atoms with Crippen molar-refractivity contribution in [1.82, 2.24) is 14.9 Å². The maximum Gasteiger partial charge on any atom is 0.272 e. The third-order valence-electron chi connectivity index (χ3n) is 1.29. The van der Waals surface area contributed by atoms with Crippen molar-refractivity contribution in [1.29, 1.82) is 0 Å². The smallest absolute Gasteiger partial charge is 0.272 e. The van der Waals surface area contributed by atoms with Crippen LogP contribution >= 0.6 is 23.2 Å². The summed E-state index contributed by atoms with van der Waals surface area (Å²) in [4.78, 5) is 20.1. The van der Waals surface area contributed by atoms with Crippen LogP contribution in [0.5, 0.6) is 0 Å². The minimum Gasteiger partial charge on any atom is -0.343 e. The fraction of sp³-hybridized carbons (Fsp3) is 0.286. The van der Waals surface area contributed by atoms with Crippen LogP contribution in [-0.2, 0) is 0 Å². The predicted molar refractivity (Wildman–Crippen MR) is 50.1 cm³/mol. The number of hydrogen-bond acceptors (Lipinski definition) is 3. The minimum atomic E-state index is -0.258. The summed E-state index contributed by atoms with van der Waals surface area (Å²) >= 11 is 11.1. The van der Waals surface area contributed by atoms with Gasteiger partial charge in [0.25, 0.3) is 5.91 Å². The molecule has 6 heteroatoms. The molecule has 0 bridgehead atoms. The molecule has 0 fully saturated rings. The number of nitrogens with zero attached hydrogens (tertiary/aromatic N) is 3. The first kappa shape index (κ1) is 10.2. The number of hydrogen-bond donors (Lipinski definition) is 0. The molecule has 0 saturated heterocycles. The number of amides is 1. The third kappa shape index (κ3) is 2.54. The predicted octanol–water partition coefficient (Wildman–Crippen LogP) is 1.49. The van der Waals surface area contributed by atoms with E-state index in [4.69, 9.17) is 23.2 Å². The Bertz CT molecular complexity index is 320. The lowest BCUT2D eigenvalue weighted by molar-refractivity contribution is 0.0822. The van der Waals surface area contributed by atoms with Gasteiger partial charge in [-0.25, -0.2) is 9.97 Å². The van der Waals surface area contributed by atoms with E-state index < -0.39 is 0 Å². The van der Waals surface area contributed by atoms with Crippen molar-refractivity contribution in [3.63, 3.8) is 0 Å². The standard InChI is InChI=1S/C7H7Cl2N3O/c1-12(2)6(13)4-3-5(8)11-7(9)10-4/h3H,1-2H3. The summed E-state index contributed by atoms with van der Waals surface area (Å²) in [5.74, 6) is -0.258. The molecule has 0 saturated carbocycles. The number of aromatic nitrogens is 2. The van der Waals surface area contributed by atoms with Crippen LogP contribution in [0.3, 0.4) is 0 Å². The fourth-order valence-electron chi connectivity index (χ4n) is 0.729. The zero-order valence-electron chi connectivity index (χ0n) is 7.08. The summed E-state index contributed by atoms with van der Waals surface area (Å²) in [5, 5.41) is 0.128. The van der Waals surface area contributed by atoms with Gasteiger partial charge in [0, 0.05) is 20.2 Å². The SMILES string of the molecule is CN(C)C(=O)c1cc(Cl)nc(Cl)n1. The first-order chi connectivity index (χ1) is 6.00. The van der Waals surface area contributed by atoms with Crippen molar-refractivity contribution < 1.29 is 4.79 Å². The van der Waals surface area contributed by atoms with Crippen LogP contribution in [0.25, 0.3) is 0 Å². The molecular formula is C7H7Cl2N3O. The zero-order valence-corrected chi connectivity index (χ0v) is 8.60. The van der Waals surface area contributed by atoms with Crippen LogP contribution in [0.15, 0.2) is 6.07 Å². The summed E-state index contributed by atoms with van der Waals surface area (Å²) in [5.41, 5.74) is 0.190. The van der Waals surface area contributed by atoms with Crippen LogP contribution in [0.1, 0.15) is 10.5 Å². The van der Waals surface area contributed by atoms with Crippen molar-refractivity contribution in [3.05, 3.63) is 22.2 Å². The van der Waals surface area contributed by atoms with Crippen molar-refractivity contribution in [2.75, 3.05) is 14.1 Å². The van der Waals surface area contributed by atoms with Gasteiger partial charge in [-0.3, -0.25) is 4.79 Å². The van der Waals surface area contributed by atoms with E-state index in [1.54, 1.807) is 14.1 Å². The van der Waals surface area contributed by atoms with E-state index in [1.165, 1.54) is 11.0 Å². The Balaban J connectivity index is 3.08. The number of carbonyl (C=O) groups excluding carboxylic acids is 1. The highest BCUT2D eigenvalue weighted by Crippen LogP contribution is 2.11.